The monoisotopic (exact) mass is 329 g/mol. The van der Waals surface area contributed by atoms with E-state index in [4.69, 9.17) is 9.26 Å². The molecule has 1 N–H and O–H groups in total. The highest BCUT2D eigenvalue weighted by atomic mass is 32.1. The van der Waals surface area contributed by atoms with Gasteiger partial charge < -0.3 is 14.6 Å². The Morgan fingerprint density at radius 3 is 2.78 bits per heavy atom. The van der Waals surface area contributed by atoms with Gasteiger partial charge in [-0.1, -0.05) is 17.3 Å². The minimum atomic E-state index is -0.223. The number of aromatic nitrogens is 2. The topological polar surface area (TPSA) is 77.2 Å². The lowest BCUT2D eigenvalue weighted by Gasteiger charge is -2.08. The van der Waals surface area contributed by atoms with E-state index < -0.39 is 0 Å². The van der Waals surface area contributed by atoms with Gasteiger partial charge in [0.25, 0.3) is 5.91 Å². The minimum Gasteiger partial charge on any atom is -0.496 e. The number of hydrogen-bond acceptors (Lipinski definition) is 6. The van der Waals surface area contributed by atoms with Crippen molar-refractivity contribution in [2.75, 3.05) is 12.4 Å². The van der Waals surface area contributed by atoms with Crippen LogP contribution in [0.3, 0.4) is 0 Å². The molecule has 6 nitrogen and oxygen atoms in total. The first kappa shape index (κ1) is 15.2. The molecule has 0 saturated carbocycles. The first-order valence-corrected chi connectivity index (χ1v) is 7.75. The highest BCUT2D eigenvalue weighted by Gasteiger charge is 2.16. The minimum absolute atomic E-state index is 0.223. The molecule has 0 aliphatic rings. The van der Waals surface area contributed by atoms with Crippen LogP contribution < -0.4 is 10.1 Å². The summed E-state index contributed by atoms with van der Waals surface area (Å²) in [4.78, 5) is 18.5. The zero-order valence-corrected chi connectivity index (χ0v) is 13.7. The van der Waals surface area contributed by atoms with Crippen LogP contribution in [0.2, 0.25) is 0 Å². The van der Waals surface area contributed by atoms with Crippen LogP contribution in [0.15, 0.2) is 34.9 Å². The van der Waals surface area contributed by atoms with E-state index in [1.54, 1.807) is 32.2 Å². The number of benzene rings is 1. The Bertz CT molecular complexity index is 854. The van der Waals surface area contributed by atoms with Gasteiger partial charge in [-0.3, -0.25) is 4.79 Å². The second kappa shape index (κ2) is 6.21. The summed E-state index contributed by atoms with van der Waals surface area (Å²) >= 11 is 1.50. The van der Waals surface area contributed by atoms with Gasteiger partial charge in [-0.15, -0.1) is 11.3 Å². The standard InChI is InChI=1S/C16H15N3O3S/c1-9-12(8-14(23-9)15-17-10(2)22-19-15)18-16(20)11-6-4-5-7-13(11)21-3/h4-8H,1-3H3,(H,18,20). The molecule has 0 saturated heterocycles. The fourth-order valence-corrected chi connectivity index (χ4v) is 3.04. The van der Waals surface area contributed by atoms with Crippen LogP contribution in [0.25, 0.3) is 10.7 Å². The van der Waals surface area contributed by atoms with Crippen LogP contribution in [-0.4, -0.2) is 23.2 Å². The fraction of sp³-hybridized carbons (Fsp3) is 0.188. The number of thiophene rings is 1. The summed E-state index contributed by atoms with van der Waals surface area (Å²) in [5.74, 6) is 1.34. The third kappa shape index (κ3) is 3.09. The van der Waals surface area contributed by atoms with Crippen LogP contribution in [0, 0.1) is 13.8 Å². The van der Waals surface area contributed by atoms with Crippen LogP contribution >= 0.6 is 11.3 Å². The molecule has 1 aromatic carbocycles. The Morgan fingerprint density at radius 1 is 1.30 bits per heavy atom. The maximum absolute atomic E-state index is 12.5. The number of aryl methyl sites for hydroxylation is 2. The largest absolute Gasteiger partial charge is 0.496 e. The number of carbonyl (C=O) groups excluding carboxylic acids is 1. The molecular formula is C16H15N3O3S. The van der Waals surface area contributed by atoms with E-state index in [-0.39, 0.29) is 5.91 Å². The Hall–Kier alpha value is -2.67. The van der Waals surface area contributed by atoms with Gasteiger partial charge in [-0.25, -0.2) is 0 Å². The molecule has 3 rings (SSSR count). The van der Waals surface area contributed by atoms with E-state index in [1.807, 2.05) is 19.1 Å². The van der Waals surface area contributed by atoms with Crippen molar-refractivity contribution in [1.82, 2.24) is 10.1 Å². The van der Waals surface area contributed by atoms with E-state index in [0.29, 0.717) is 23.0 Å². The van der Waals surface area contributed by atoms with E-state index in [0.717, 1.165) is 15.4 Å². The molecular weight excluding hydrogens is 314 g/mol. The molecule has 118 valence electrons. The summed E-state index contributed by atoms with van der Waals surface area (Å²) in [7, 11) is 1.54. The average molecular weight is 329 g/mol. The Labute approximate surface area is 137 Å². The maximum atomic E-state index is 12.5. The van der Waals surface area contributed by atoms with Gasteiger partial charge in [0.15, 0.2) is 0 Å². The van der Waals surface area contributed by atoms with Crippen molar-refractivity contribution in [3.8, 4) is 16.5 Å². The van der Waals surface area contributed by atoms with Crippen LogP contribution in [-0.2, 0) is 0 Å². The van der Waals surface area contributed by atoms with Crippen molar-refractivity contribution in [2.24, 2.45) is 0 Å². The zero-order valence-electron chi connectivity index (χ0n) is 12.9. The predicted molar refractivity (Wildman–Crippen MR) is 88.0 cm³/mol. The lowest BCUT2D eigenvalue weighted by molar-refractivity contribution is 0.102. The summed E-state index contributed by atoms with van der Waals surface area (Å²) in [6.07, 6.45) is 0. The predicted octanol–water partition coefficient (Wildman–Crippen LogP) is 3.68. The quantitative estimate of drug-likeness (QED) is 0.790. The molecule has 0 unspecified atom stereocenters. The number of rotatable bonds is 4. The maximum Gasteiger partial charge on any atom is 0.259 e. The van der Waals surface area contributed by atoms with E-state index in [2.05, 4.69) is 15.5 Å². The highest BCUT2D eigenvalue weighted by molar-refractivity contribution is 7.16. The van der Waals surface area contributed by atoms with Crippen LogP contribution in [0.5, 0.6) is 5.75 Å². The second-order valence-electron chi connectivity index (χ2n) is 4.87. The van der Waals surface area contributed by atoms with Gasteiger partial charge in [0.05, 0.1) is 23.2 Å². The zero-order chi connectivity index (χ0) is 16.4. The lowest BCUT2D eigenvalue weighted by atomic mass is 10.2. The number of carbonyl (C=O) groups is 1. The Kier molecular flexibility index (Phi) is 4.12. The number of methoxy groups -OCH3 is 1. The number of nitrogens with zero attached hydrogens (tertiary/aromatic N) is 2. The van der Waals surface area contributed by atoms with E-state index in [1.165, 1.54) is 11.3 Å². The molecule has 0 spiro atoms. The number of ether oxygens (including phenoxy) is 1. The number of hydrogen-bond donors (Lipinski definition) is 1. The van der Waals surface area contributed by atoms with Crippen LogP contribution in [0.4, 0.5) is 5.69 Å². The second-order valence-corrected chi connectivity index (χ2v) is 6.13. The molecule has 0 aliphatic heterocycles. The van der Waals surface area contributed by atoms with Crippen molar-refractivity contribution < 1.29 is 14.1 Å². The van der Waals surface area contributed by atoms with Gasteiger partial charge >= 0.3 is 0 Å². The molecule has 7 heteroatoms. The molecule has 0 aliphatic carbocycles. The lowest BCUT2D eigenvalue weighted by Crippen LogP contribution is -2.13. The van der Waals surface area contributed by atoms with E-state index in [9.17, 15) is 4.79 Å². The summed E-state index contributed by atoms with van der Waals surface area (Å²) in [6.45, 7) is 3.67. The van der Waals surface area contributed by atoms with Crippen molar-refractivity contribution in [3.05, 3.63) is 46.7 Å². The van der Waals surface area contributed by atoms with Crippen molar-refractivity contribution in [1.29, 1.82) is 0 Å². The third-order valence-electron chi connectivity index (χ3n) is 3.27. The average Bonchev–Trinajstić information content (AvgIpc) is 3.13. The molecule has 0 radical (unpaired) electrons. The van der Waals surface area contributed by atoms with Gasteiger partial charge in [0.2, 0.25) is 11.7 Å². The molecule has 2 heterocycles. The molecule has 0 fully saturated rings. The normalized spacial score (nSPS) is 10.6. The fourth-order valence-electron chi connectivity index (χ4n) is 2.14. The number of para-hydroxylation sites is 1. The SMILES string of the molecule is COc1ccccc1C(=O)Nc1cc(-c2noc(C)n2)sc1C. The summed E-state index contributed by atoms with van der Waals surface area (Å²) in [5.41, 5.74) is 1.21. The van der Waals surface area contributed by atoms with Gasteiger partial charge in [-0.05, 0) is 25.1 Å². The molecule has 2 aromatic heterocycles. The van der Waals surface area contributed by atoms with Crippen molar-refractivity contribution >= 4 is 22.9 Å². The number of amides is 1. The molecule has 0 bridgehead atoms. The van der Waals surface area contributed by atoms with Crippen molar-refractivity contribution in [2.45, 2.75) is 13.8 Å². The summed E-state index contributed by atoms with van der Waals surface area (Å²) in [6, 6.07) is 8.94. The first-order chi connectivity index (χ1) is 11.1. The summed E-state index contributed by atoms with van der Waals surface area (Å²) in [5, 5.41) is 6.80. The molecule has 3 aromatic rings. The van der Waals surface area contributed by atoms with Gasteiger partial charge in [0.1, 0.15) is 5.75 Å². The number of anilines is 1. The smallest absolute Gasteiger partial charge is 0.259 e. The highest BCUT2D eigenvalue weighted by Crippen LogP contribution is 2.33. The summed E-state index contributed by atoms with van der Waals surface area (Å²) < 4.78 is 10.2. The Balaban J connectivity index is 1.86. The molecule has 23 heavy (non-hydrogen) atoms. The molecule has 0 atom stereocenters. The third-order valence-corrected chi connectivity index (χ3v) is 4.31. The van der Waals surface area contributed by atoms with Gasteiger partial charge in [0, 0.05) is 11.8 Å². The first-order valence-electron chi connectivity index (χ1n) is 6.94. The van der Waals surface area contributed by atoms with Crippen molar-refractivity contribution in [3.63, 3.8) is 0 Å². The van der Waals surface area contributed by atoms with Crippen LogP contribution in [0.1, 0.15) is 21.1 Å². The number of nitrogens with one attached hydrogen (secondary N) is 1. The van der Waals surface area contributed by atoms with E-state index >= 15 is 0 Å². The van der Waals surface area contributed by atoms with Gasteiger partial charge in [-0.2, -0.15) is 4.98 Å². The Morgan fingerprint density at radius 2 is 2.09 bits per heavy atom. The molecule has 1 amide bonds.